The van der Waals surface area contributed by atoms with Crippen LogP contribution < -0.4 is 5.32 Å². The van der Waals surface area contributed by atoms with Crippen molar-refractivity contribution in [2.45, 2.75) is 52.5 Å². The van der Waals surface area contributed by atoms with Gasteiger partial charge in [0.15, 0.2) is 5.82 Å². The number of carbonyl (C=O) groups is 1. The van der Waals surface area contributed by atoms with Gasteiger partial charge in [0.05, 0.1) is 5.69 Å². The van der Waals surface area contributed by atoms with Crippen LogP contribution in [0.2, 0.25) is 0 Å². The average Bonchev–Trinajstić information content (AvgIpc) is 3.05. The van der Waals surface area contributed by atoms with Crippen molar-refractivity contribution < 1.29 is 9.90 Å². The zero-order valence-electron chi connectivity index (χ0n) is 12.9. The molecule has 2 aliphatic carbocycles. The van der Waals surface area contributed by atoms with Gasteiger partial charge in [-0.1, -0.05) is 6.42 Å². The summed E-state index contributed by atoms with van der Waals surface area (Å²) in [5, 5.41) is 20.9. The molecule has 0 aliphatic heterocycles. The van der Waals surface area contributed by atoms with Crippen molar-refractivity contribution in [2.75, 3.05) is 5.32 Å². The molecule has 1 heterocycles. The Labute approximate surface area is 125 Å². The molecule has 5 nitrogen and oxygen atoms in total. The van der Waals surface area contributed by atoms with Crippen molar-refractivity contribution >= 4 is 11.8 Å². The minimum Gasteiger partial charge on any atom is -0.478 e. The molecular weight excluding hydrogens is 266 g/mol. The van der Waals surface area contributed by atoms with E-state index in [-0.39, 0.29) is 11.6 Å². The van der Waals surface area contributed by atoms with Crippen molar-refractivity contribution in [3.8, 4) is 0 Å². The van der Waals surface area contributed by atoms with Gasteiger partial charge in [-0.05, 0) is 63.4 Å². The fourth-order valence-electron chi connectivity index (χ4n) is 4.20. The molecule has 0 aromatic carbocycles. The number of aromatic carboxylic acids is 1. The molecule has 1 aromatic heterocycles. The number of nitrogens with zero attached hydrogens (tertiary/aromatic N) is 2. The molecule has 21 heavy (non-hydrogen) atoms. The minimum atomic E-state index is -0.937. The van der Waals surface area contributed by atoms with Crippen LogP contribution >= 0.6 is 0 Å². The number of aromatic nitrogens is 2. The number of anilines is 1. The van der Waals surface area contributed by atoms with Gasteiger partial charge in [0.25, 0.3) is 0 Å². The number of carboxylic acid groups (broad SMARTS) is 1. The molecular formula is C16H23N3O2. The molecule has 2 fully saturated rings. The zero-order valence-corrected chi connectivity index (χ0v) is 12.9. The summed E-state index contributed by atoms with van der Waals surface area (Å²) in [7, 11) is 0. The molecule has 1 aromatic rings. The minimum absolute atomic E-state index is 0.245. The fourth-order valence-corrected chi connectivity index (χ4v) is 4.20. The third-order valence-corrected chi connectivity index (χ3v) is 5.47. The molecule has 0 amide bonds. The molecule has 0 saturated heterocycles. The van der Waals surface area contributed by atoms with Gasteiger partial charge in [-0.25, -0.2) is 4.79 Å². The van der Waals surface area contributed by atoms with Gasteiger partial charge in [-0.3, -0.25) is 0 Å². The second-order valence-electron chi connectivity index (χ2n) is 6.71. The van der Waals surface area contributed by atoms with E-state index in [4.69, 9.17) is 0 Å². The quantitative estimate of drug-likeness (QED) is 0.891. The summed E-state index contributed by atoms with van der Waals surface area (Å²) in [6.45, 7) is 5.73. The Balaban J connectivity index is 1.81. The molecule has 114 valence electrons. The predicted octanol–water partition coefficient (Wildman–Crippen LogP) is 3.03. The molecule has 2 aliphatic rings. The van der Waals surface area contributed by atoms with Gasteiger partial charge >= 0.3 is 5.97 Å². The molecule has 2 bridgehead atoms. The predicted molar refractivity (Wildman–Crippen MR) is 80.5 cm³/mol. The van der Waals surface area contributed by atoms with E-state index < -0.39 is 5.97 Å². The normalized spacial score (nSPS) is 28.6. The summed E-state index contributed by atoms with van der Waals surface area (Å²) < 4.78 is 0. The summed E-state index contributed by atoms with van der Waals surface area (Å²) in [6.07, 6.45) is 5.31. The van der Waals surface area contributed by atoms with Gasteiger partial charge < -0.3 is 10.4 Å². The molecule has 0 spiro atoms. The van der Waals surface area contributed by atoms with Crippen LogP contribution in [0.4, 0.5) is 5.82 Å². The first-order chi connectivity index (χ1) is 9.97. The van der Waals surface area contributed by atoms with Crippen molar-refractivity contribution in [3.05, 3.63) is 16.8 Å². The lowest BCUT2D eigenvalue weighted by atomic mass is 9.84. The molecule has 2 N–H and O–H groups in total. The summed E-state index contributed by atoms with van der Waals surface area (Å²) in [5.41, 5.74) is 1.63. The van der Waals surface area contributed by atoms with E-state index in [0.717, 1.165) is 11.8 Å². The molecule has 2 saturated carbocycles. The smallest absolute Gasteiger partial charge is 0.339 e. The van der Waals surface area contributed by atoms with E-state index in [9.17, 15) is 9.90 Å². The van der Waals surface area contributed by atoms with Crippen LogP contribution in [0.5, 0.6) is 0 Å². The van der Waals surface area contributed by atoms with Crippen molar-refractivity contribution in [2.24, 2.45) is 17.8 Å². The van der Waals surface area contributed by atoms with E-state index >= 15 is 0 Å². The number of carboxylic acids is 1. The first-order valence-corrected chi connectivity index (χ1v) is 7.81. The number of nitrogens with one attached hydrogen (secondary N) is 1. The highest BCUT2D eigenvalue weighted by Crippen LogP contribution is 2.49. The van der Waals surface area contributed by atoms with Crippen LogP contribution in [0.15, 0.2) is 0 Å². The maximum Gasteiger partial charge on any atom is 0.339 e. The highest BCUT2D eigenvalue weighted by molar-refractivity contribution is 5.94. The van der Waals surface area contributed by atoms with E-state index in [1.54, 1.807) is 13.8 Å². The molecule has 5 heteroatoms. The van der Waals surface area contributed by atoms with E-state index in [1.807, 2.05) is 0 Å². The van der Waals surface area contributed by atoms with E-state index in [1.165, 1.54) is 25.7 Å². The van der Waals surface area contributed by atoms with Crippen LogP contribution in [0.1, 0.15) is 54.2 Å². The van der Waals surface area contributed by atoms with E-state index in [0.29, 0.717) is 23.0 Å². The van der Waals surface area contributed by atoms with Gasteiger partial charge in [0.2, 0.25) is 0 Å². The van der Waals surface area contributed by atoms with Crippen LogP contribution in [-0.4, -0.2) is 27.3 Å². The van der Waals surface area contributed by atoms with Crippen molar-refractivity contribution in [3.63, 3.8) is 0 Å². The van der Waals surface area contributed by atoms with Crippen molar-refractivity contribution in [1.82, 2.24) is 10.2 Å². The first kappa shape index (κ1) is 14.3. The third-order valence-electron chi connectivity index (χ3n) is 5.47. The second-order valence-corrected chi connectivity index (χ2v) is 6.71. The Morgan fingerprint density at radius 3 is 2.62 bits per heavy atom. The summed E-state index contributed by atoms with van der Waals surface area (Å²) in [6, 6.07) is 0.245. The number of rotatable bonds is 4. The number of hydrogen-bond acceptors (Lipinski definition) is 4. The standard InChI is InChI=1S/C16H23N3O2/c1-8-9(2)18-19-15(14(8)16(20)21)17-10(3)13-7-11-4-5-12(13)6-11/h10-13H,4-7H2,1-3H3,(H,17,19)(H,20,21). The Morgan fingerprint density at radius 1 is 1.29 bits per heavy atom. The largest absolute Gasteiger partial charge is 0.478 e. The molecule has 4 atom stereocenters. The van der Waals surface area contributed by atoms with Crippen molar-refractivity contribution in [1.29, 1.82) is 0 Å². The maximum absolute atomic E-state index is 11.5. The maximum atomic E-state index is 11.5. The highest BCUT2D eigenvalue weighted by Gasteiger charge is 2.42. The molecule has 4 unspecified atom stereocenters. The van der Waals surface area contributed by atoms with Crippen LogP contribution in [0, 0.1) is 31.6 Å². The Kier molecular flexibility index (Phi) is 3.59. The number of aryl methyl sites for hydroxylation is 1. The van der Waals surface area contributed by atoms with E-state index in [2.05, 4.69) is 22.4 Å². The fraction of sp³-hybridized carbons (Fsp3) is 0.688. The lowest BCUT2D eigenvalue weighted by Gasteiger charge is -2.29. The van der Waals surface area contributed by atoms with Gasteiger partial charge in [-0.2, -0.15) is 5.10 Å². The lowest BCUT2D eigenvalue weighted by Crippen LogP contribution is -2.31. The van der Waals surface area contributed by atoms with Crippen LogP contribution in [-0.2, 0) is 0 Å². The Hall–Kier alpha value is -1.65. The summed E-state index contributed by atoms with van der Waals surface area (Å²) in [4.78, 5) is 11.5. The number of hydrogen-bond donors (Lipinski definition) is 2. The molecule has 3 rings (SSSR count). The zero-order chi connectivity index (χ0) is 15.1. The Morgan fingerprint density at radius 2 is 2.05 bits per heavy atom. The van der Waals surface area contributed by atoms with Gasteiger partial charge in [0, 0.05) is 6.04 Å². The van der Waals surface area contributed by atoms with Gasteiger partial charge in [0.1, 0.15) is 5.56 Å². The SMILES string of the molecule is Cc1nnc(NC(C)C2CC3CCC2C3)c(C(=O)O)c1C. The van der Waals surface area contributed by atoms with Gasteiger partial charge in [-0.15, -0.1) is 5.10 Å². The third kappa shape index (κ3) is 2.49. The second kappa shape index (κ2) is 5.28. The van der Waals surface area contributed by atoms with Crippen LogP contribution in [0.25, 0.3) is 0 Å². The lowest BCUT2D eigenvalue weighted by molar-refractivity contribution is 0.0696. The topological polar surface area (TPSA) is 75.1 Å². The Bertz CT molecular complexity index is 573. The first-order valence-electron chi connectivity index (χ1n) is 7.81. The summed E-state index contributed by atoms with van der Waals surface area (Å²) in [5.74, 6) is 1.79. The monoisotopic (exact) mass is 289 g/mol. The number of fused-ring (bicyclic) bond motifs is 2. The highest BCUT2D eigenvalue weighted by atomic mass is 16.4. The van der Waals surface area contributed by atoms with Crippen LogP contribution in [0.3, 0.4) is 0 Å². The molecule has 0 radical (unpaired) electrons. The average molecular weight is 289 g/mol. The summed E-state index contributed by atoms with van der Waals surface area (Å²) >= 11 is 0.